The van der Waals surface area contributed by atoms with Crippen molar-refractivity contribution in [3.8, 4) is 11.3 Å². The number of aromatic amines is 1. The number of pyridine rings is 1. The number of benzene rings is 3. The maximum atomic E-state index is 13.7. The highest BCUT2D eigenvalue weighted by molar-refractivity contribution is 6.08. The Hall–Kier alpha value is -4.26. The molecule has 3 heterocycles. The second-order valence-electron chi connectivity index (χ2n) is 7.92. The zero-order chi connectivity index (χ0) is 21.7. The summed E-state index contributed by atoms with van der Waals surface area (Å²) in [6.45, 7) is 1.17. The number of para-hydroxylation sites is 1. The van der Waals surface area contributed by atoms with Gasteiger partial charge >= 0.3 is 5.69 Å². The highest BCUT2D eigenvalue weighted by Crippen LogP contribution is 2.31. The third-order valence-corrected chi connectivity index (χ3v) is 6.06. The summed E-state index contributed by atoms with van der Waals surface area (Å²) in [5.74, 6) is 0.481. The van der Waals surface area contributed by atoms with Gasteiger partial charge in [0, 0.05) is 24.0 Å². The Kier molecular flexibility index (Phi) is 4.14. The van der Waals surface area contributed by atoms with Crippen molar-refractivity contribution in [2.24, 2.45) is 0 Å². The van der Waals surface area contributed by atoms with Crippen LogP contribution in [0, 0.1) is 0 Å². The number of carbonyl (C=O) groups is 1. The molecule has 32 heavy (non-hydrogen) atoms. The van der Waals surface area contributed by atoms with Crippen LogP contribution in [0.15, 0.2) is 77.6 Å². The summed E-state index contributed by atoms with van der Waals surface area (Å²) in [4.78, 5) is 32.1. The smallest absolute Gasteiger partial charge is 0.329 e. The summed E-state index contributed by atoms with van der Waals surface area (Å²) in [6.07, 6.45) is 0. The van der Waals surface area contributed by atoms with Crippen LogP contribution in [0.25, 0.3) is 32.9 Å². The molecule has 0 fully saturated rings. The van der Waals surface area contributed by atoms with E-state index in [9.17, 15) is 9.59 Å². The van der Waals surface area contributed by atoms with Crippen molar-refractivity contribution in [2.45, 2.75) is 13.1 Å². The summed E-state index contributed by atoms with van der Waals surface area (Å²) in [5.41, 5.74) is 2.89. The first-order valence-electron chi connectivity index (χ1n) is 10.5. The van der Waals surface area contributed by atoms with Crippen LogP contribution in [0.3, 0.4) is 0 Å². The molecule has 5 aromatic rings. The van der Waals surface area contributed by atoms with Gasteiger partial charge in [-0.1, -0.05) is 60.7 Å². The maximum absolute atomic E-state index is 13.7. The van der Waals surface area contributed by atoms with E-state index in [4.69, 9.17) is 4.98 Å². The fraction of sp³-hybridized carbons (Fsp3) is 0.120. The first kappa shape index (κ1) is 18.5. The molecule has 0 spiro atoms. The zero-order valence-electron chi connectivity index (χ0n) is 17.2. The van der Waals surface area contributed by atoms with Crippen LogP contribution in [0.4, 0.5) is 0 Å². The Bertz CT molecular complexity index is 1560. The number of fused-ring (bicyclic) bond motifs is 3. The number of aromatic nitrogens is 4. The molecule has 6 rings (SSSR count). The first-order valence-corrected chi connectivity index (χ1v) is 10.5. The average molecular weight is 421 g/mol. The summed E-state index contributed by atoms with van der Waals surface area (Å²) in [6, 6.07) is 23.9. The SMILES string of the molecule is O=C(c1cc(-c2cccc3ccccc23)nc2ccccc12)N1CCn2c(n[nH]c2=O)C1. The standard InChI is InChI=1S/C25H19N5O2/c31-24(29-12-13-30-23(15-29)27-28-25(30)32)20-14-22(26-21-11-4-3-9-19(20)21)18-10-5-7-16-6-1-2-8-17(16)18/h1-11,14H,12-13,15H2,(H,28,32). The Morgan fingerprint density at radius 1 is 0.906 bits per heavy atom. The molecular weight excluding hydrogens is 402 g/mol. The highest BCUT2D eigenvalue weighted by Gasteiger charge is 2.26. The summed E-state index contributed by atoms with van der Waals surface area (Å²) >= 11 is 0. The van der Waals surface area contributed by atoms with Gasteiger partial charge in [0.05, 0.1) is 23.3 Å². The van der Waals surface area contributed by atoms with Gasteiger partial charge in [0.15, 0.2) is 5.82 Å². The number of hydrogen-bond donors (Lipinski definition) is 1. The summed E-state index contributed by atoms with van der Waals surface area (Å²) in [7, 11) is 0. The number of H-pyrrole nitrogens is 1. The fourth-order valence-electron chi connectivity index (χ4n) is 4.45. The normalized spacial score (nSPS) is 13.4. The molecule has 7 heteroatoms. The molecule has 1 aliphatic heterocycles. The number of amides is 1. The lowest BCUT2D eigenvalue weighted by Crippen LogP contribution is -2.40. The van der Waals surface area contributed by atoms with Gasteiger partial charge in [-0.05, 0) is 22.9 Å². The van der Waals surface area contributed by atoms with Gasteiger partial charge in [0.1, 0.15) is 0 Å². The van der Waals surface area contributed by atoms with Crippen LogP contribution in [0.5, 0.6) is 0 Å². The van der Waals surface area contributed by atoms with E-state index >= 15 is 0 Å². The average Bonchev–Trinajstić information content (AvgIpc) is 3.22. The van der Waals surface area contributed by atoms with Gasteiger partial charge in [-0.2, -0.15) is 5.10 Å². The molecule has 0 bridgehead atoms. The van der Waals surface area contributed by atoms with Gasteiger partial charge in [0.2, 0.25) is 0 Å². The predicted molar refractivity (Wildman–Crippen MR) is 122 cm³/mol. The second-order valence-corrected chi connectivity index (χ2v) is 7.92. The molecule has 0 atom stereocenters. The van der Waals surface area contributed by atoms with Crippen molar-refractivity contribution in [2.75, 3.05) is 6.54 Å². The number of carbonyl (C=O) groups excluding carboxylic acids is 1. The molecule has 7 nitrogen and oxygen atoms in total. The Morgan fingerprint density at radius 2 is 1.69 bits per heavy atom. The van der Waals surface area contributed by atoms with Crippen molar-refractivity contribution in [1.82, 2.24) is 24.6 Å². The minimum absolute atomic E-state index is 0.0909. The van der Waals surface area contributed by atoms with Gasteiger partial charge in [0.25, 0.3) is 5.91 Å². The number of rotatable bonds is 2. The highest BCUT2D eigenvalue weighted by atomic mass is 16.2. The molecular formula is C25H19N5O2. The van der Waals surface area contributed by atoms with E-state index < -0.39 is 0 Å². The van der Waals surface area contributed by atoms with Crippen molar-refractivity contribution < 1.29 is 4.79 Å². The molecule has 0 saturated carbocycles. The number of hydrogen-bond acceptors (Lipinski definition) is 4. The number of nitrogens with zero attached hydrogens (tertiary/aromatic N) is 4. The van der Waals surface area contributed by atoms with E-state index in [2.05, 4.69) is 28.4 Å². The first-order chi connectivity index (χ1) is 15.7. The predicted octanol–water partition coefficient (Wildman–Crippen LogP) is 3.60. The maximum Gasteiger partial charge on any atom is 0.343 e. The molecule has 0 unspecified atom stereocenters. The van der Waals surface area contributed by atoms with E-state index in [1.807, 2.05) is 54.6 Å². The van der Waals surface area contributed by atoms with Crippen LogP contribution in [-0.4, -0.2) is 37.1 Å². The third kappa shape index (κ3) is 2.90. The molecule has 0 aliphatic carbocycles. The van der Waals surface area contributed by atoms with Gasteiger partial charge in [-0.25, -0.2) is 14.9 Å². The quantitative estimate of drug-likeness (QED) is 0.472. The minimum atomic E-state index is -0.236. The Morgan fingerprint density at radius 3 is 2.59 bits per heavy atom. The second kappa shape index (κ2) is 7.16. The van der Waals surface area contributed by atoms with Crippen molar-refractivity contribution >= 4 is 27.6 Å². The molecule has 3 aromatic carbocycles. The summed E-state index contributed by atoms with van der Waals surface area (Å²) < 4.78 is 1.58. The lowest BCUT2D eigenvalue weighted by Gasteiger charge is -2.27. The van der Waals surface area contributed by atoms with E-state index in [0.717, 1.165) is 32.9 Å². The molecule has 1 aliphatic rings. The van der Waals surface area contributed by atoms with Crippen molar-refractivity contribution in [3.05, 3.63) is 94.7 Å². The van der Waals surface area contributed by atoms with E-state index in [-0.39, 0.29) is 18.1 Å². The fourth-order valence-corrected chi connectivity index (χ4v) is 4.45. The van der Waals surface area contributed by atoms with Crippen LogP contribution in [0.2, 0.25) is 0 Å². The molecule has 1 amide bonds. The van der Waals surface area contributed by atoms with Gasteiger partial charge in [-0.3, -0.25) is 9.36 Å². The van der Waals surface area contributed by atoms with E-state index in [0.29, 0.717) is 24.5 Å². The molecule has 1 N–H and O–H groups in total. The van der Waals surface area contributed by atoms with Crippen LogP contribution >= 0.6 is 0 Å². The number of nitrogens with one attached hydrogen (secondary N) is 1. The van der Waals surface area contributed by atoms with E-state index in [1.54, 1.807) is 9.47 Å². The zero-order valence-corrected chi connectivity index (χ0v) is 17.2. The third-order valence-electron chi connectivity index (χ3n) is 6.06. The molecule has 0 radical (unpaired) electrons. The summed E-state index contributed by atoms with van der Waals surface area (Å²) in [5, 5.41) is 9.56. The molecule has 156 valence electrons. The Labute approximate surface area is 182 Å². The molecule has 2 aromatic heterocycles. The van der Waals surface area contributed by atoms with Gasteiger partial charge in [-0.15, -0.1) is 0 Å². The van der Waals surface area contributed by atoms with Gasteiger partial charge < -0.3 is 4.90 Å². The monoisotopic (exact) mass is 421 g/mol. The largest absolute Gasteiger partial charge is 0.343 e. The topological polar surface area (TPSA) is 83.9 Å². The van der Waals surface area contributed by atoms with Crippen molar-refractivity contribution in [3.63, 3.8) is 0 Å². The molecule has 0 saturated heterocycles. The van der Waals surface area contributed by atoms with Crippen molar-refractivity contribution in [1.29, 1.82) is 0 Å². The lowest BCUT2D eigenvalue weighted by molar-refractivity contribution is 0.0708. The van der Waals surface area contributed by atoms with Crippen LogP contribution in [-0.2, 0) is 13.1 Å². The lowest BCUT2D eigenvalue weighted by atomic mass is 9.98. The van der Waals surface area contributed by atoms with Crippen LogP contribution in [0.1, 0.15) is 16.2 Å². The van der Waals surface area contributed by atoms with Crippen LogP contribution < -0.4 is 5.69 Å². The van der Waals surface area contributed by atoms with E-state index in [1.165, 1.54) is 0 Å². The minimum Gasteiger partial charge on any atom is -0.329 e. The Balaban J connectivity index is 1.50.